The van der Waals surface area contributed by atoms with Gasteiger partial charge in [0, 0.05) is 37.9 Å². The van der Waals surface area contributed by atoms with Crippen LogP contribution in [0.25, 0.3) is 0 Å². The van der Waals surface area contributed by atoms with Gasteiger partial charge in [-0.15, -0.1) is 0 Å². The molecule has 0 radical (unpaired) electrons. The van der Waals surface area contributed by atoms with Crippen LogP contribution in [-0.2, 0) is 41.7 Å². The number of aliphatic hydroxyl groups is 1. The fraction of sp³-hybridized carbons (Fsp3) is 0.462. The monoisotopic (exact) mass is 686 g/mol. The van der Waals surface area contributed by atoms with Crippen molar-refractivity contribution in [2.24, 2.45) is 0 Å². The average Bonchev–Trinajstić information content (AvgIpc) is 3.56. The Balaban J connectivity index is 1.17. The molecule has 0 spiro atoms. The number of nitrogen functional groups attached to an aromatic ring is 1. The van der Waals surface area contributed by atoms with Gasteiger partial charge in [0.15, 0.2) is 6.29 Å². The third-order valence-electron chi connectivity index (χ3n) is 8.88. The molecular weight excluding hydrogens is 636 g/mol. The van der Waals surface area contributed by atoms with E-state index in [4.69, 9.17) is 19.9 Å². The molecule has 4 unspecified atom stereocenters. The first kappa shape index (κ1) is 37.0. The van der Waals surface area contributed by atoms with Gasteiger partial charge in [0.25, 0.3) is 0 Å². The standard InChI is InChI=1S/C39H50N4O7/c1-39(2,3)50-37(47)33-10-7-21-43(33)24-30-22-34(28-17-15-27(25-44)16-18-28)49-38(48-30)29-19-13-26(14-20-29)23-41-35(45)11-6-12-36(46)42-32-9-5-4-8-31(32)40/h4-5,8-9,13-20,30,33-34,38,44H,6-7,10-12,21-25,40H2,1-3H3,(H,41,45)(H,42,46). The summed E-state index contributed by atoms with van der Waals surface area (Å²) in [4.78, 5) is 40.0. The van der Waals surface area contributed by atoms with Gasteiger partial charge in [-0.2, -0.15) is 0 Å². The molecule has 0 bridgehead atoms. The van der Waals surface area contributed by atoms with Crippen molar-refractivity contribution in [2.75, 3.05) is 24.1 Å². The maximum absolute atomic E-state index is 13.0. The number of nitrogens with one attached hydrogen (secondary N) is 2. The van der Waals surface area contributed by atoms with E-state index >= 15 is 0 Å². The second-order valence-corrected chi connectivity index (χ2v) is 14.0. The van der Waals surface area contributed by atoms with Gasteiger partial charge in [0.2, 0.25) is 11.8 Å². The smallest absolute Gasteiger partial charge is 0.323 e. The summed E-state index contributed by atoms with van der Waals surface area (Å²) in [5.41, 5.74) is 9.97. The molecule has 5 N–H and O–H groups in total. The van der Waals surface area contributed by atoms with E-state index in [0.717, 1.165) is 41.6 Å². The quantitative estimate of drug-likeness (QED) is 0.134. The molecule has 11 nitrogen and oxygen atoms in total. The molecule has 2 heterocycles. The first-order valence-electron chi connectivity index (χ1n) is 17.4. The van der Waals surface area contributed by atoms with Crippen molar-refractivity contribution < 1.29 is 33.7 Å². The third-order valence-corrected chi connectivity index (χ3v) is 8.88. The van der Waals surface area contributed by atoms with Crippen LogP contribution < -0.4 is 16.4 Å². The number of rotatable bonds is 13. The highest BCUT2D eigenvalue weighted by Crippen LogP contribution is 2.39. The van der Waals surface area contributed by atoms with Crippen LogP contribution in [0.15, 0.2) is 72.8 Å². The number of benzene rings is 3. The highest BCUT2D eigenvalue weighted by Gasteiger charge is 2.39. The molecule has 0 aromatic heterocycles. The molecule has 2 amide bonds. The maximum Gasteiger partial charge on any atom is 0.323 e. The molecule has 2 fully saturated rings. The van der Waals surface area contributed by atoms with E-state index in [9.17, 15) is 19.5 Å². The molecule has 0 aliphatic carbocycles. The SMILES string of the molecule is CC(C)(C)OC(=O)C1CCCN1CC1CC(c2ccc(CO)cc2)OC(c2ccc(CNC(=O)CCCC(=O)Nc3ccccc3N)cc2)O1. The lowest BCUT2D eigenvalue weighted by atomic mass is 9.99. The van der Waals surface area contributed by atoms with E-state index in [2.05, 4.69) is 15.5 Å². The molecule has 4 atom stereocenters. The molecule has 5 rings (SSSR count). The van der Waals surface area contributed by atoms with Crippen molar-refractivity contribution >= 4 is 29.2 Å². The number of hydrogen-bond acceptors (Lipinski definition) is 9. The zero-order valence-electron chi connectivity index (χ0n) is 29.2. The van der Waals surface area contributed by atoms with Gasteiger partial charge in [0.1, 0.15) is 11.6 Å². The zero-order chi connectivity index (χ0) is 35.7. The Kier molecular flexibility index (Phi) is 12.6. The lowest BCUT2D eigenvalue weighted by Gasteiger charge is -2.38. The molecule has 268 valence electrons. The topological polar surface area (TPSA) is 152 Å². The van der Waals surface area contributed by atoms with E-state index < -0.39 is 11.9 Å². The Bertz CT molecular complexity index is 1590. The summed E-state index contributed by atoms with van der Waals surface area (Å²) in [6, 6.07) is 22.3. The number of likely N-dealkylation sites (tertiary alicyclic amines) is 1. The number of aliphatic hydroxyl groups excluding tert-OH is 1. The fourth-order valence-electron chi connectivity index (χ4n) is 6.29. The summed E-state index contributed by atoms with van der Waals surface area (Å²) in [5, 5.41) is 15.2. The Morgan fingerprint density at radius 1 is 0.920 bits per heavy atom. The number of para-hydroxylation sites is 2. The first-order chi connectivity index (χ1) is 24.0. The number of nitrogens with two attached hydrogens (primary N) is 1. The van der Waals surface area contributed by atoms with Crippen molar-refractivity contribution in [3.05, 3.63) is 95.1 Å². The average molecular weight is 687 g/mol. The molecule has 3 aromatic rings. The number of amides is 2. The molecular formula is C39H50N4O7. The summed E-state index contributed by atoms with van der Waals surface area (Å²) in [7, 11) is 0. The number of carbonyl (C=O) groups excluding carboxylic acids is 3. The Hall–Kier alpha value is -4.29. The number of esters is 1. The first-order valence-corrected chi connectivity index (χ1v) is 17.4. The Morgan fingerprint density at radius 3 is 2.30 bits per heavy atom. The van der Waals surface area contributed by atoms with Crippen LogP contribution in [0, 0.1) is 0 Å². The number of nitrogens with zero attached hydrogens (tertiary/aromatic N) is 1. The second-order valence-electron chi connectivity index (χ2n) is 14.0. The largest absolute Gasteiger partial charge is 0.459 e. The minimum absolute atomic E-state index is 0.0319. The highest BCUT2D eigenvalue weighted by atomic mass is 16.7. The zero-order valence-corrected chi connectivity index (χ0v) is 29.2. The molecule has 2 saturated heterocycles. The molecule has 2 aliphatic heterocycles. The van der Waals surface area contributed by atoms with E-state index in [1.807, 2.05) is 69.3 Å². The summed E-state index contributed by atoms with van der Waals surface area (Å²) in [6.07, 6.45) is 2.05. The molecule has 3 aromatic carbocycles. The van der Waals surface area contributed by atoms with Crippen molar-refractivity contribution in [3.63, 3.8) is 0 Å². The predicted molar refractivity (Wildman–Crippen MR) is 190 cm³/mol. The van der Waals surface area contributed by atoms with Crippen LogP contribution in [0.1, 0.15) is 93.9 Å². The maximum atomic E-state index is 13.0. The fourth-order valence-corrected chi connectivity index (χ4v) is 6.29. The summed E-state index contributed by atoms with van der Waals surface area (Å²) in [5.74, 6) is -0.519. The highest BCUT2D eigenvalue weighted by molar-refractivity contribution is 5.94. The van der Waals surface area contributed by atoms with Crippen LogP contribution in [-0.4, -0.2) is 58.6 Å². The summed E-state index contributed by atoms with van der Waals surface area (Å²) in [6.45, 7) is 7.34. The van der Waals surface area contributed by atoms with Crippen LogP contribution in [0.2, 0.25) is 0 Å². The van der Waals surface area contributed by atoms with Gasteiger partial charge in [-0.05, 0) is 75.4 Å². The van der Waals surface area contributed by atoms with E-state index in [1.165, 1.54) is 0 Å². The minimum atomic E-state index is -0.639. The normalized spacial score (nSPS) is 21.0. The van der Waals surface area contributed by atoms with Gasteiger partial charge < -0.3 is 35.7 Å². The third kappa shape index (κ3) is 10.6. The Labute approximate surface area is 294 Å². The second kappa shape index (κ2) is 17.1. The number of carbonyl (C=O) groups is 3. The van der Waals surface area contributed by atoms with Crippen LogP contribution in [0.4, 0.5) is 11.4 Å². The van der Waals surface area contributed by atoms with Gasteiger partial charge in [-0.3, -0.25) is 19.3 Å². The van der Waals surface area contributed by atoms with Gasteiger partial charge in [-0.1, -0.05) is 60.7 Å². The molecule has 11 heteroatoms. The van der Waals surface area contributed by atoms with Gasteiger partial charge in [0.05, 0.1) is 30.2 Å². The predicted octanol–water partition coefficient (Wildman–Crippen LogP) is 5.54. The van der Waals surface area contributed by atoms with E-state index in [1.54, 1.807) is 24.3 Å². The molecule has 50 heavy (non-hydrogen) atoms. The summed E-state index contributed by atoms with van der Waals surface area (Å²) >= 11 is 0. The van der Waals surface area contributed by atoms with Crippen LogP contribution >= 0.6 is 0 Å². The van der Waals surface area contributed by atoms with Crippen molar-refractivity contribution in [1.29, 1.82) is 0 Å². The summed E-state index contributed by atoms with van der Waals surface area (Å²) < 4.78 is 18.8. The van der Waals surface area contributed by atoms with Gasteiger partial charge in [-0.25, -0.2) is 0 Å². The number of ether oxygens (including phenoxy) is 3. The van der Waals surface area contributed by atoms with Gasteiger partial charge >= 0.3 is 5.97 Å². The molecule has 2 aliphatic rings. The van der Waals surface area contributed by atoms with E-state index in [-0.39, 0.29) is 55.5 Å². The number of anilines is 2. The van der Waals surface area contributed by atoms with Crippen molar-refractivity contribution in [2.45, 2.75) is 103 Å². The van der Waals surface area contributed by atoms with E-state index in [0.29, 0.717) is 37.3 Å². The van der Waals surface area contributed by atoms with Crippen LogP contribution in [0.5, 0.6) is 0 Å². The molecule has 0 saturated carbocycles. The Morgan fingerprint density at radius 2 is 1.60 bits per heavy atom. The minimum Gasteiger partial charge on any atom is -0.459 e. The van der Waals surface area contributed by atoms with Crippen molar-refractivity contribution in [1.82, 2.24) is 10.2 Å². The number of hydrogen-bond donors (Lipinski definition) is 4. The lowest BCUT2D eigenvalue weighted by molar-refractivity contribution is -0.253. The lowest BCUT2D eigenvalue weighted by Crippen LogP contribution is -2.45. The van der Waals surface area contributed by atoms with Crippen molar-refractivity contribution in [3.8, 4) is 0 Å². The van der Waals surface area contributed by atoms with Crippen LogP contribution in [0.3, 0.4) is 0 Å².